The molecular formula is C23H21Cl2IN2O2. The van der Waals surface area contributed by atoms with E-state index in [-0.39, 0.29) is 0 Å². The molecule has 0 aliphatic carbocycles. The van der Waals surface area contributed by atoms with Crippen molar-refractivity contribution in [3.05, 3.63) is 91.0 Å². The van der Waals surface area contributed by atoms with E-state index in [1.165, 1.54) is 0 Å². The van der Waals surface area contributed by atoms with Crippen molar-refractivity contribution in [1.82, 2.24) is 5.43 Å². The lowest BCUT2D eigenvalue weighted by Crippen LogP contribution is -2.06. The molecule has 156 valence electrons. The van der Waals surface area contributed by atoms with Gasteiger partial charge in [-0.1, -0.05) is 47.5 Å². The Bertz CT molecular complexity index is 993. The molecule has 3 aromatic carbocycles. The van der Waals surface area contributed by atoms with E-state index < -0.39 is 0 Å². The van der Waals surface area contributed by atoms with E-state index in [4.69, 9.17) is 32.7 Å². The van der Waals surface area contributed by atoms with Gasteiger partial charge in [0.15, 0.2) is 11.5 Å². The molecule has 0 saturated heterocycles. The molecule has 0 aromatic heterocycles. The SMILES string of the molecule is CCOc1cc(/C=N\NCc2ccc(Cl)cc2)cc(I)c1OCc1ccc(Cl)cc1. The van der Waals surface area contributed by atoms with Gasteiger partial charge < -0.3 is 14.9 Å². The third-order valence-corrected chi connectivity index (χ3v) is 5.43. The fourth-order valence-corrected chi connectivity index (χ4v) is 3.69. The standard InChI is InChI=1S/C23H21Cl2IN2O2/c1-2-29-22-12-18(14-28-27-13-16-3-7-19(24)8-4-16)11-21(26)23(22)30-15-17-5-9-20(25)10-6-17/h3-12,14,27H,2,13,15H2,1H3/b28-14-. The van der Waals surface area contributed by atoms with E-state index in [2.05, 4.69) is 33.1 Å². The molecule has 1 N–H and O–H groups in total. The second-order valence-corrected chi connectivity index (χ2v) is 8.43. The van der Waals surface area contributed by atoms with Gasteiger partial charge >= 0.3 is 0 Å². The summed E-state index contributed by atoms with van der Waals surface area (Å²) in [6.45, 7) is 3.54. The molecule has 3 rings (SSSR count). The highest BCUT2D eigenvalue weighted by Crippen LogP contribution is 2.34. The normalized spacial score (nSPS) is 10.9. The minimum absolute atomic E-state index is 0.434. The maximum Gasteiger partial charge on any atom is 0.175 e. The first-order valence-corrected chi connectivity index (χ1v) is 11.2. The number of hydrogen-bond acceptors (Lipinski definition) is 4. The molecule has 3 aromatic rings. The largest absolute Gasteiger partial charge is 0.490 e. The Morgan fingerprint density at radius 1 is 0.933 bits per heavy atom. The van der Waals surface area contributed by atoms with Crippen molar-refractivity contribution in [1.29, 1.82) is 0 Å². The van der Waals surface area contributed by atoms with Gasteiger partial charge in [0.2, 0.25) is 0 Å². The van der Waals surface area contributed by atoms with Crippen LogP contribution in [-0.4, -0.2) is 12.8 Å². The van der Waals surface area contributed by atoms with Gasteiger partial charge in [-0.05, 0) is 82.6 Å². The van der Waals surface area contributed by atoms with Gasteiger partial charge in [0.25, 0.3) is 0 Å². The van der Waals surface area contributed by atoms with E-state index in [9.17, 15) is 0 Å². The fraction of sp³-hybridized carbons (Fsp3) is 0.174. The molecule has 0 spiro atoms. The summed E-state index contributed by atoms with van der Waals surface area (Å²) in [7, 11) is 0. The molecule has 0 heterocycles. The van der Waals surface area contributed by atoms with Crippen molar-refractivity contribution in [2.75, 3.05) is 6.61 Å². The van der Waals surface area contributed by atoms with Crippen molar-refractivity contribution in [2.45, 2.75) is 20.1 Å². The van der Waals surface area contributed by atoms with E-state index in [1.54, 1.807) is 6.21 Å². The summed E-state index contributed by atoms with van der Waals surface area (Å²) in [6.07, 6.45) is 1.77. The Kier molecular flexibility index (Phi) is 8.66. The van der Waals surface area contributed by atoms with Gasteiger partial charge in [-0.2, -0.15) is 5.10 Å². The van der Waals surface area contributed by atoms with E-state index >= 15 is 0 Å². The highest BCUT2D eigenvalue weighted by Gasteiger charge is 2.12. The third kappa shape index (κ3) is 6.79. The van der Waals surface area contributed by atoms with Crippen LogP contribution in [-0.2, 0) is 13.2 Å². The smallest absolute Gasteiger partial charge is 0.175 e. The van der Waals surface area contributed by atoms with Crippen LogP contribution in [0.25, 0.3) is 0 Å². The summed E-state index contributed by atoms with van der Waals surface area (Å²) in [4.78, 5) is 0. The topological polar surface area (TPSA) is 42.8 Å². The van der Waals surface area contributed by atoms with E-state index in [1.807, 2.05) is 67.6 Å². The van der Waals surface area contributed by atoms with Crippen LogP contribution in [0.3, 0.4) is 0 Å². The van der Waals surface area contributed by atoms with E-state index in [0.717, 1.165) is 31.0 Å². The van der Waals surface area contributed by atoms with Gasteiger partial charge in [-0.25, -0.2) is 0 Å². The number of nitrogens with zero attached hydrogens (tertiary/aromatic N) is 1. The molecule has 0 aliphatic rings. The lowest BCUT2D eigenvalue weighted by Gasteiger charge is -2.15. The van der Waals surface area contributed by atoms with E-state index in [0.29, 0.717) is 30.5 Å². The maximum atomic E-state index is 6.05. The molecule has 0 amide bonds. The first kappa shape index (κ1) is 22.7. The second kappa shape index (κ2) is 11.4. The van der Waals surface area contributed by atoms with Crippen molar-refractivity contribution < 1.29 is 9.47 Å². The number of benzene rings is 3. The van der Waals surface area contributed by atoms with Crippen LogP contribution in [0.1, 0.15) is 23.6 Å². The van der Waals surface area contributed by atoms with Crippen LogP contribution in [0.15, 0.2) is 65.8 Å². The van der Waals surface area contributed by atoms with Crippen LogP contribution in [0.2, 0.25) is 10.0 Å². The lowest BCUT2D eigenvalue weighted by molar-refractivity contribution is 0.267. The summed E-state index contributed by atoms with van der Waals surface area (Å²) in [6, 6.07) is 19.2. The van der Waals surface area contributed by atoms with Crippen LogP contribution < -0.4 is 14.9 Å². The molecule has 4 nitrogen and oxygen atoms in total. The predicted octanol–water partition coefficient (Wildman–Crippen LogP) is 6.70. The molecule has 0 fully saturated rings. The number of hydrogen-bond donors (Lipinski definition) is 1. The summed E-state index contributed by atoms with van der Waals surface area (Å²) in [5, 5.41) is 5.74. The monoisotopic (exact) mass is 554 g/mol. The van der Waals surface area contributed by atoms with Gasteiger partial charge in [-0.3, -0.25) is 0 Å². The van der Waals surface area contributed by atoms with Crippen molar-refractivity contribution in [3.63, 3.8) is 0 Å². The molecule has 7 heteroatoms. The Morgan fingerprint density at radius 2 is 1.57 bits per heavy atom. The van der Waals surface area contributed by atoms with Crippen LogP contribution in [0, 0.1) is 3.57 Å². The number of halogens is 3. The summed E-state index contributed by atoms with van der Waals surface area (Å²) in [5.74, 6) is 1.41. The zero-order valence-corrected chi connectivity index (χ0v) is 20.0. The Labute approximate surface area is 200 Å². The molecule has 0 saturated carbocycles. The molecule has 0 atom stereocenters. The van der Waals surface area contributed by atoms with Crippen LogP contribution in [0.4, 0.5) is 0 Å². The van der Waals surface area contributed by atoms with Gasteiger partial charge in [0, 0.05) is 10.0 Å². The fourth-order valence-electron chi connectivity index (χ4n) is 2.66. The lowest BCUT2D eigenvalue weighted by atomic mass is 10.2. The Balaban J connectivity index is 1.66. The average molecular weight is 555 g/mol. The number of rotatable bonds is 9. The second-order valence-electron chi connectivity index (χ2n) is 6.40. The molecular weight excluding hydrogens is 534 g/mol. The average Bonchev–Trinajstić information content (AvgIpc) is 2.73. The number of nitrogens with one attached hydrogen (secondary N) is 1. The Hall–Kier alpha value is -1.96. The van der Waals surface area contributed by atoms with Crippen molar-refractivity contribution in [3.8, 4) is 11.5 Å². The third-order valence-electron chi connectivity index (χ3n) is 4.13. The predicted molar refractivity (Wildman–Crippen MR) is 132 cm³/mol. The minimum atomic E-state index is 0.434. The summed E-state index contributed by atoms with van der Waals surface area (Å²) in [5.41, 5.74) is 6.11. The van der Waals surface area contributed by atoms with Crippen molar-refractivity contribution in [2.24, 2.45) is 5.10 Å². The first-order chi connectivity index (χ1) is 14.5. The zero-order chi connectivity index (χ0) is 21.3. The molecule has 30 heavy (non-hydrogen) atoms. The maximum absolute atomic E-state index is 6.05. The number of ether oxygens (including phenoxy) is 2. The van der Waals surface area contributed by atoms with Crippen LogP contribution in [0.5, 0.6) is 11.5 Å². The first-order valence-electron chi connectivity index (χ1n) is 9.39. The minimum Gasteiger partial charge on any atom is -0.490 e. The Morgan fingerprint density at radius 3 is 2.20 bits per heavy atom. The number of hydrazone groups is 1. The van der Waals surface area contributed by atoms with Gasteiger partial charge in [0.1, 0.15) is 6.61 Å². The molecule has 0 bridgehead atoms. The van der Waals surface area contributed by atoms with Gasteiger partial charge in [-0.15, -0.1) is 0 Å². The molecule has 0 unspecified atom stereocenters. The zero-order valence-electron chi connectivity index (χ0n) is 16.4. The highest BCUT2D eigenvalue weighted by atomic mass is 127. The van der Waals surface area contributed by atoms with Crippen LogP contribution >= 0.6 is 45.8 Å². The summed E-state index contributed by atoms with van der Waals surface area (Å²) >= 11 is 14.1. The summed E-state index contributed by atoms with van der Waals surface area (Å²) < 4.78 is 12.8. The van der Waals surface area contributed by atoms with Crippen molar-refractivity contribution >= 4 is 52.0 Å². The van der Waals surface area contributed by atoms with Gasteiger partial charge in [0.05, 0.1) is 22.9 Å². The quantitative estimate of drug-likeness (QED) is 0.182. The molecule has 0 aliphatic heterocycles. The highest BCUT2D eigenvalue weighted by molar-refractivity contribution is 14.1. The molecule has 0 radical (unpaired) electrons.